The van der Waals surface area contributed by atoms with Gasteiger partial charge in [-0.15, -0.1) is 0 Å². The Morgan fingerprint density at radius 3 is 2.33 bits per heavy atom. The van der Waals surface area contributed by atoms with Gasteiger partial charge in [0.25, 0.3) is 0 Å². The molecular weight excluding hydrogens is 302 g/mol. The minimum Gasteiger partial charge on any atom is -0.469 e. The molecule has 1 aromatic rings. The molecule has 0 aliphatic rings. The third kappa shape index (κ3) is 6.99. The molecule has 0 N–H and O–H groups in total. The zero-order chi connectivity index (χ0) is 18.1. The molecule has 0 aliphatic heterocycles. The maximum absolute atomic E-state index is 12.5. The van der Waals surface area contributed by atoms with E-state index in [2.05, 4.69) is 13.8 Å². The van der Waals surface area contributed by atoms with Gasteiger partial charge in [-0.05, 0) is 30.9 Å². The van der Waals surface area contributed by atoms with Crippen LogP contribution in [0.5, 0.6) is 0 Å². The molecule has 0 spiro atoms. The van der Waals surface area contributed by atoms with Crippen LogP contribution in [0.1, 0.15) is 38.3 Å². The smallest absolute Gasteiger partial charge is 0.310 e. The summed E-state index contributed by atoms with van der Waals surface area (Å²) in [7, 11) is 1.37. The summed E-state index contributed by atoms with van der Waals surface area (Å²) in [6, 6.07) is 7.99. The number of hydrogen-bond acceptors (Lipinski definition) is 3. The SMILES string of the molecule is COC(=O)C(C)CN(CCC(C)C)C(=O)/C=C/c1ccc(C)cc1. The van der Waals surface area contributed by atoms with E-state index in [1.165, 1.54) is 12.7 Å². The van der Waals surface area contributed by atoms with Gasteiger partial charge in [0.2, 0.25) is 5.91 Å². The number of carbonyl (C=O) groups excluding carboxylic acids is 2. The Labute approximate surface area is 145 Å². The zero-order valence-electron chi connectivity index (χ0n) is 15.4. The van der Waals surface area contributed by atoms with Gasteiger partial charge in [0.1, 0.15) is 0 Å². The molecule has 1 atom stereocenters. The third-order valence-electron chi connectivity index (χ3n) is 3.88. The highest BCUT2D eigenvalue weighted by Crippen LogP contribution is 2.10. The summed E-state index contributed by atoms with van der Waals surface area (Å²) in [6.07, 6.45) is 4.29. The van der Waals surface area contributed by atoms with Crippen molar-refractivity contribution in [2.75, 3.05) is 20.2 Å². The van der Waals surface area contributed by atoms with Crippen LogP contribution in [0.3, 0.4) is 0 Å². The molecule has 1 rings (SSSR count). The average molecular weight is 331 g/mol. The van der Waals surface area contributed by atoms with Gasteiger partial charge in [-0.3, -0.25) is 9.59 Å². The highest BCUT2D eigenvalue weighted by atomic mass is 16.5. The number of carbonyl (C=O) groups is 2. The molecule has 0 radical (unpaired) electrons. The van der Waals surface area contributed by atoms with E-state index in [1.54, 1.807) is 17.9 Å². The van der Waals surface area contributed by atoms with Crippen molar-refractivity contribution in [3.63, 3.8) is 0 Å². The summed E-state index contributed by atoms with van der Waals surface area (Å²) < 4.78 is 4.76. The van der Waals surface area contributed by atoms with Crippen molar-refractivity contribution in [3.05, 3.63) is 41.5 Å². The van der Waals surface area contributed by atoms with Crippen LogP contribution in [-0.2, 0) is 14.3 Å². The van der Waals surface area contributed by atoms with E-state index >= 15 is 0 Å². The van der Waals surface area contributed by atoms with Crippen molar-refractivity contribution in [2.24, 2.45) is 11.8 Å². The van der Waals surface area contributed by atoms with Gasteiger partial charge >= 0.3 is 5.97 Å². The van der Waals surface area contributed by atoms with Crippen LogP contribution in [0.4, 0.5) is 0 Å². The van der Waals surface area contributed by atoms with Gasteiger partial charge in [-0.2, -0.15) is 0 Å². The summed E-state index contributed by atoms with van der Waals surface area (Å²) in [5.74, 6) is -0.208. The first-order valence-corrected chi connectivity index (χ1v) is 8.45. The van der Waals surface area contributed by atoms with Crippen LogP contribution in [0.15, 0.2) is 30.3 Å². The molecule has 4 heteroatoms. The second-order valence-corrected chi connectivity index (χ2v) is 6.63. The number of ether oxygens (including phenoxy) is 1. The van der Waals surface area contributed by atoms with Crippen LogP contribution >= 0.6 is 0 Å². The van der Waals surface area contributed by atoms with E-state index in [0.717, 1.165) is 12.0 Å². The normalized spacial score (nSPS) is 12.4. The second kappa shape index (κ2) is 9.91. The minimum absolute atomic E-state index is 0.0769. The Kier molecular flexibility index (Phi) is 8.24. The van der Waals surface area contributed by atoms with Crippen molar-refractivity contribution >= 4 is 18.0 Å². The lowest BCUT2D eigenvalue weighted by molar-refractivity contribution is -0.146. The number of amides is 1. The maximum atomic E-state index is 12.5. The maximum Gasteiger partial charge on any atom is 0.310 e. The van der Waals surface area contributed by atoms with E-state index in [9.17, 15) is 9.59 Å². The summed E-state index contributed by atoms with van der Waals surface area (Å²) >= 11 is 0. The zero-order valence-corrected chi connectivity index (χ0v) is 15.4. The molecule has 0 aliphatic carbocycles. The van der Waals surface area contributed by atoms with Gasteiger partial charge in [0.05, 0.1) is 13.0 Å². The number of methoxy groups -OCH3 is 1. The number of hydrogen-bond donors (Lipinski definition) is 0. The minimum atomic E-state index is -0.334. The fraction of sp³-hybridized carbons (Fsp3) is 0.500. The monoisotopic (exact) mass is 331 g/mol. The predicted octanol–water partition coefficient (Wildman–Crippen LogP) is 3.69. The molecule has 0 heterocycles. The first kappa shape index (κ1) is 19.9. The van der Waals surface area contributed by atoms with Crippen molar-refractivity contribution < 1.29 is 14.3 Å². The lowest BCUT2D eigenvalue weighted by Crippen LogP contribution is -2.37. The summed E-state index contributed by atoms with van der Waals surface area (Å²) in [5.41, 5.74) is 2.17. The van der Waals surface area contributed by atoms with Crippen molar-refractivity contribution in [1.29, 1.82) is 0 Å². The van der Waals surface area contributed by atoms with Crippen LogP contribution in [-0.4, -0.2) is 37.0 Å². The van der Waals surface area contributed by atoms with Gasteiger partial charge in [0.15, 0.2) is 0 Å². The lowest BCUT2D eigenvalue weighted by atomic mass is 10.1. The van der Waals surface area contributed by atoms with Crippen LogP contribution < -0.4 is 0 Å². The van der Waals surface area contributed by atoms with Gasteiger partial charge in [0, 0.05) is 19.2 Å². The molecule has 1 aromatic carbocycles. The number of benzene rings is 1. The molecule has 1 amide bonds. The van der Waals surface area contributed by atoms with E-state index < -0.39 is 0 Å². The Balaban J connectivity index is 2.77. The summed E-state index contributed by atoms with van der Waals surface area (Å²) in [4.78, 5) is 25.9. The molecule has 0 bridgehead atoms. The van der Waals surface area contributed by atoms with E-state index in [4.69, 9.17) is 4.74 Å². The number of nitrogens with zero attached hydrogens (tertiary/aromatic N) is 1. The average Bonchev–Trinajstić information content (AvgIpc) is 2.56. The molecule has 0 fully saturated rings. The molecular formula is C20H29NO3. The fourth-order valence-corrected chi connectivity index (χ4v) is 2.26. The number of aryl methyl sites for hydroxylation is 1. The van der Waals surface area contributed by atoms with Gasteiger partial charge < -0.3 is 9.64 Å². The highest BCUT2D eigenvalue weighted by Gasteiger charge is 2.20. The molecule has 24 heavy (non-hydrogen) atoms. The van der Waals surface area contributed by atoms with Gasteiger partial charge in [-0.25, -0.2) is 0 Å². The molecule has 0 saturated carbocycles. The standard InChI is InChI=1S/C20H29NO3/c1-15(2)12-13-21(14-17(4)20(23)24-5)19(22)11-10-18-8-6-16(3)7-9-18/h6-11,15,17H,12-14H2,1-5H3/b11-10+. The van der Waals surface area contributed by atoms with Crippen molar-refractivity contribution in [3.8, 4) is 0 Å². The molecule has 0 saturated heterocycles. The van der Waals surface area contributed by atoms with Gasteiger partial charge in [-0.1, -0.05) is 50.6 Å². The Morgan fingerprint density at radius 1 is 1.17 bits per heavy atom. The Morgan fingerprint density at radius 2 is 1.79 bits per heavy atom. The van der Waals surface area contributed by atoms with Crippen molar-refractivity contribution in [1.82, 2.24) is 4.90 Å². The van der Waals surface area contributed by atoms with E-state index in [0.29, 0.717) is 19.0 Å². The first-order valence-electron chi connectivity index (χ1n) is 8.45. The Bertz CT molecular complexity index is 561. The quantitative estimate of drug-likeness (QED) is 0.539. The topological polar surface area (TPSA) is 46.6 Å². The summed E-state index contributed by atoms with van der Waals surface area (Å²) in [5, 5.41) is 0. The molecule has 0 aromatic heterocycles. The van der Waals surface area contributed by atoms with Crippen molar-refractivity contribution in [2.45, 2.75) is 34.1 Å². The summed E-state index contributed by atoms with van der Waals surface area (Å²) in [6.45, 7) is 9.06. The van der Waals surface area contributed by atoms with E-state index in [-0.39, 0.29) is 17.8 Å². The molecule has 1 unspecified atom stereocenters. The van der Waals surface area contributed by atoms with E-state index in [1.807, 2.05) is 37.3 Å². The largest absolute Gasteiger partial charge is 0.469 e. The van der Waals surface area contributed by atoms with Crippen LogP contribution in [0.2, 0.25) is 0 Å². The number of esters is 1. The Hall–Kier alpha value is -2.10. The van der Waals surface area contributed by atoms with Crippen LogP contribution in [0, 0.1) is 18.8 Å². The predicted molar refractivity (Wildman–Crippen MR) is 97.4 cm³/mol. The fourth-order valence-electron chi connectivity index (χ4n) is 2.26. The molecule has 132 valence electrons. The third-order valence-corrected chi connectivity index (χ3v) is 3.88. The molecule has 4 nitrogen and oxygen atoms in total. The lowest BCUT2D eigenvalue weighted by Gasteiger charge is -2.24. The number of rotatable bonds is 8. The first-order chi connectivity index (χ1) is 11.3. The highest BCUT2D eigenvalue weighted by molar-refractivity contribution is 5.92. The van der Waals surface area contributed by atoms with Crippen LogP contribution in [0.25, 0.3) is 6.08 Å². The second-order valence-electron chi connectivity index (χ2n) is 6.63.